The number of carbonyl (C=O) groups excluding carboxylic acids is 1. The summed E-state index contributed by atoms with van der Waals surface area (Å²) in [5, 5.41) is 4.52. The Balaban J connectivity index is 1.88. The maximum Gasteiger partial charge on any atom is 0.314 e. The van der Waals surface area contributed by atoms with Gasteiger partial charge in [-0.15, -0.1) is 0 Å². The monoisotopic (exact) mass is 314 g/mol. The van der Waals surface area contributed by atoms with Gasteiger partial charge in [0, 0.05) is 11.1 Å². The van der Waals surface area contributed by atoms with Crippen molar-refractivity contribution in [2.24, 2.45) is 0 Å². The number of rotatable bonds is 3. The fraction of sp³-hybridized carbons (Fsp3) is 0. The highest BCUT2D eigenvalue weighted by atomic mass is 16.3. The first-order chi connectivity index (χ1) is 11.8. The number of hydrogen-bond acceptors (Lipinski definition) is 3. The molecule has 116 valence electrons. The summed E-state index contributed by atoms with van der Waals surface area (Å²) in [4.78, 5) is 12.8. The van der Waals surface area contributed by atoms with Gasteiger partial charge in [0.05, 0.1) is 17.7 Å². The normalized spacial score (nSPS) is 10.7. The molecule has 0 saturated carbocycles. The van der Waals surface area contributed by atoms with E-state index in [0.29, 0.717) is 0 Å². The number of nitrogens with zero attached hydrogens (tertiary/aromatic N) is 2. The second-order valence-corrected chi connectivity index (χ2v) is 5.34. The summed E-state index contributed by atoms with van der Waals surface area (Å²) in [6.45, 7) is 0. The smallest absolute Gasteiger partial charge is 0.314 e. The molecule has 0 N–H and O–H groups in total. The third kappa shape index (κ3) is 2.54. The quantitative estimate of drug-likeness (QED) is 0.559. The molecule has 0 amide bonds. The minimum atomic E-state index is -0.291. The summed E-state index contributed by atoms with van der Waals surface area (Å²) in [5.74, 6) is -0.0315. The molecule has 0 bridgehead atoms. The first-order valence-corrected chi connectivity index (χ1v) is 7.62. The van der Waals surface area contributed by atoms with E-state index < -0.39 is 0 Å². The Bertz CT molecular complexity index is 956. The number of benzene rings is 2. The van der Waals surface area contributed by atoms with E-state index in [2.05, 4.69) is 5.10 Å². The molecule has 4 rings (SSSR count). The Morgan fingerprint density at radius 2 is 1.50 bits per heavy atom. The molecule has 0 aliphatic carbocycles. The van der Waals surface area contributed by atoms with Crippen LogP contribution in [0.2, 0.25) is 0 Å². The van der Waals surface area contributed by atoms with Gasteiger partial charge < -0.3 is 4.42 Å². The van der Waals surface area contributed by atoms with E-state index >= 15 is 0 Å². The molecule has 4 heteroatoms. The second kappa shape index (κ2) is 6.01. The Kier molecular flexibility index (Phi) is 3.56. The molecule has 24 heavy (non-hydrogen) atoms. The van der Waals surface area contributed by atoms with E-state index in [-0.39, 0.29) is 11.7 Å². The summed E-state index contributed by atoms with van der Waals surface area (Å²) in [6.07, 6.45) is 1.48. The van der Waals surface area contributed by atoms with Crippen LogP contribution in [0.5, 0.6) is 0 Å². The van der Waals surface area contributed by atoms with Gasteiger partial charge in [-0.05, 0) is 18.2 Å². The first kappa shape index (κ1) is 14.2. The van der Waals surface area contributed by atoms with Crippen molar-refractivity contribution in [1.82, 2.24) is 9.78 Å². The van der Waals surface area contributed by atoms with Gasteiger partial charge in [0.1, 0.15) is 0 Å². The van der Waals surface area contributed by atoms with E-state index in [1.165, 1.54) is 10.9 Å². The molecule has 4 aromatic rings. The Hall–Kier alpha value is -3.40. The van der Waals surface area contributed by atoms with E-state index in [1.54, 1.807) is 12.1 Å². The molecule has 0 unspecified atom stereocenters. The van der Waals surface area contributed by atoms with Crippen LogP contribution in [0.15, 0.2) is 89.5 Å². The van der Waals surface area contributed by atoms with Gasteiger partial charge in [-0.3, -0.25) is 4.79 Å². The van der Waals surface area contributed by atoms with Crippen molar-refractivity contribution in [3.63, 3.8) is 0 Å². The van der Waals surface area contributed by atoms with Crippen LogP contribution in [-0.2, 0) is 0 Å². The van der Waals surface area contributed by atoms with Crippen LogP contribution in [0.1, 0.15) is 10.6 Å². The van der Waals surface area contributed by atoms with Gasteiger partial charge in [0.2, 0.25) is 0 Å². The highest BCUT2D eigenvalue weighted by Gasteiger charge is 2.19. The molecular weight excluding hydrogens is 300 g/mol. The molecule has 4 nitrogen and oxygen atoms in total. The van der Waals surface area contributed by atoms with Crippen molar-refractivity contribution < 1.29 is 9.21 Å². The van der Waals surface area contributed by atoms with Crippen LogP contribution in [0.3, 0.4) is 0 Å². The molecule has 0 aliphatic heterocycles. The lowest BCUT2D eigenvalue weighted by molar-refractivity contribution is 0.0919. The zero-order valence-electron chi connectivity index (χ0n) is 12.8. The lowest BCUT2D eigenvalue weighted by Crippen LogP contribution is -2.14. The zero-order chi connectivity index (χ0) is 16.4. The molecule has 2 aromatic heterocycles. The number of aromatic nitrogens is 2. The van der Waals surface area contributed by atoms with Gasteiger partial charge in [-0.25, -0.2) is 0 Å². The molecule has 0 radical (unpaired) electrons. The Morgan fingerprint density at radius 3 is 2.12 bits per heavy atom. The molecule has 0 atom stereocenters. The highest BCUT2D eigenvalue weighted by Crippen LogP contribution is 2.26. The van der Waals surface area contributed by atoms with Crippen LogP contribution in [-0.4, -0.2) is 15.7 Å². The molecule has 0 aliphatic rings. The van der Waals surface area contributed by atoms with Crippen LogP contribution in [0, 0.1) is 0 Å². The van der Waals surface area contributed by atoms with Crippen molar-refractivity contribution in [2.45, 2.75) is 0 Å². The third-order valence-corrected chi connectivity index (χ3v) is 3.77. The number of carbonyl (C=O) groups is 1. The van der Waals surface area contributed by atoms with Crippen molar-refractivity contribution in [3.8, 4) is 22.5 Å². The topological polar surface area (TPSA) is 48.0 Å². The number of hydrogen-bond donors (Lipinski definition) is 0. The van der Waals surface area contributed by atoms with Gasteiger partial charge >= 0.3 is 5.91 Å². The van der Waals surface area contributed by atoms with Crippen LogP contribution in [0.4, 0.5) is 0 Å². The summed E-state index contributed by atoms with van der Waals surface area (Å²) < 4.78 is 6.64. The number of furan rings is 1. The second-order valence-electron chi connectivity index (χ2n) is 5.34. The van der Waals surface area contributed by atoms with Gasteiger partial charge in [0.25, 0.3) is 0 Å². The van der Waals surface area contributed by atoms with Crippen molar-refractivity contribution >= 4 is 5.91 Å². The predicted octanol–water partition coefficient (Wildman–Crippen LogP) is 4.50. The summed E-state index contributed by atoms with van der Waals surface area (Å²) in [7, 11) is 0. The van der Waals surface area contributed by atoms with E-state index in [4.69, 9.17) is 4.42 Å². The average Bonchev–Trinajstić information content (AvgIpc) is 3.33. The maximum atomic E-state index is 12.8. The molecule has 0 fully saturated rings. The minimum Gasteiger partial charge on any atom is -0.459 e. The van der Waals surface area contributed by atoms with Crippen LogP contribution < -0.4 is 0 Å². The van der Waals surface area contributed by atoms with Crippen LogP contribution in [0.25, 0.3) is 22.5 Å². The standard InChI is InChI=1S/C20H14N2O2/c23-20(19-12-7-13-24-19)22-18(16-10-5-2-6-11-16)14-17(21-22)15-8-3-1-4-9-15/h1-14H. The lowest BCUT2D eigenvalue weighted by Gasteiger charge is -2.04. The van der Waals surface area contributed by atoms with E-state index in [0.717, 1.165) is 22.5 Å². The molecule has 0 spiro atoms. The van der Waals surface area contributed by atoms with E-state index in [9.17, 15) is 4.79 Å². The maximum absolute atomic E-state index is 12.8. The minimum absolute atomic E-state index is 0.259. The molecule has 2 heterocycles. The van der Waals surface area contributed by atoms with E-state index in [1.807, 2.05) is 66.7 Å². The first-order valence-electron chi connectivity index (χ1n) is 7.62. The van der Waals surface area contributed by atoms with Gasteiger partial charge in [-0.1, -0.05) is 60.7 Å². The van der Waals surface area contributed by atoms with Crippen molar-refractivity contribution in [1.29, 1.82) is 0 Å². The fourth-order valence-electron chi connectivity index (χ4n) is 2.61. The molecule has 0 saturated heterocycles. The van der Waals surface area contributed by atoms with Crippen molar-refractivity contribution in [2.75, 3.05) is 0 Å². The zero-order valence-corrected chi connectivity index (χ0v) is 12.8. The Labute approximate surface area is 139 Å². The van der Waals surface area contributed by atoms with Gasteiger partial charge in [-0.2, -0.15) is 9.78 Å². The Morgan fingerprint density at radius 1 is 0.833 bits per heavy atom. The van der Waals surface area contributed by atoms with Gasteiger partial charge in [0.15, 0.2) is 5.76 Å². The fourth-order valence-corrected chi connectivity index (χ4v) is 2.61. The largest absolute Gasteiger partial charge is 0.459 e. The van der Waals surface area contributed by atoms with Crippen LogP contribution >= 0.6 is 0 Å². The average molecular weight is 314 g/mol. The highest BCUT2D eigenvalue weighted by molar-refractivity contribution is 5.96. The predicted molar refractivity (Wildman–Crippen MR) is 91.5 cm³/mol. The third-order valence-electron chi connectivity index (χ3n) is 3.77. The summed E-state index contributed by atoms with van der Waals surface area (Å²) in [6, 6.07) is 24.8. The SMILES string of the molecule is O=C(c1ccco1)n1nc(-c2ccccc2)cc1-c1ccccc1. The lowest BCUT2D eigenvalue weighted by atomic mass is 10.1. The van der Waals surface area contributed by atoms with Crippen molar-refractivity contribution in [3.05, 3.63) is 90.9 Å². The molecule has 2 aromatic carbocycles. The summed E-state index contributed by atoms with van der Waals surface area (Å²) >= 11 is 0. The summed E-state index contributed by atoms with van der Waals surface area (Å²) in [5.41, 5.74) is 3.36. The molecular formula is C20H14N2O2.